The van der Waals surface area contributed by atoms with Crippen LogP contribution in [0.1, 0.15) is 57.6 Å². The average Bonchev–Trinajstić information content (AvgIpc) is 3.48. The summed E-state index contributed by atoms with van der Waals surface area (Å²) in [6.45, 7) is 13.8. The Kier molecular flexibility index (Phi) is 6.38. The summed E-state index contributed by atoms with van der Waals surface area (Å²) in [5.41, 5.74) is 3.66. The summed E-state index contributed by atoms with van der Waals surface area (Å²) in [5.74, 6) is -0.133. The first-order valence-corrected chi connectivity index (χ1v) is 13.1. The van der Waals surface area contributed by atoms with E-state index in [9.17, 15) is 9.59 Å². The number of hydrogen-bond donors (Lipinski definition) is 0. The predicted octanol–water partition coefficient (Wildman–Crippen LogP) is 4.28. The first kappa shape index (κ1) is 26.0. The third-order valence-electron chi connectivity index (χ3n) is 6.97. The first-order valence-electron chi connectivity index (χ1n) is 12.7. The molecule has 0 N–H and O–H groups in total. The zero-order chi connectivity index (χ0) is 27.4. The topological polar surface area (TPSA) is 95.5 Å². The lowest BCUT2D eigenvalue weighted by atomic mass is 9.87. The largest absolute Gasteiger partial charge is 0.332 e. The van der Waals surface area contributed by atoms with Gasteiger partial charge >= 0.3 is 0 Å². The van der Waals surface area contributed by atoms with Crippen molar-refractivity contribution >= 4 is 40.6 Å². The Balaban J connectivity index is 1.45. The molecule has 4 heterocycles. The van der Waals surface area contributed by atoms with E-state index in [2.05, 4.69) is 30.8 Å². The van der Waals surface area contributed by atoms with Crippen molar-refractivity contribution < 1.29 is 9.59 Å². The molecule has 10 heteroatoms. The fourth-order valence-electron chi connectivity index (χ4n) is 4.93. The molecule has 38 heavy (non-hydrogen) atoms. The first-order chi connectivity index (χ1) is 17.8. The van der Waals surface area contributed by atoms with Gasteiger partial charge < -0.3 is 9.80 Å². The molecule has 2 aliphatic rings. The van der Waals surface area contributed by atoms with E-state index in [1.54, 1.807) is 20.5 Å². The van der Waals surface area contributed by atoms with Gasteiger partial charge in [0.2, 0.25) is 5.84 Å². The Hall–Kier alpha value is -3.59. The number of benzene rings is 1. The Bertz CT molecular complexity index is 1500. The molecule has 1 aromatic carbocycles. The number of amides is 2. The van der Waals surface area contributed by atoms with E-state index >= 15 is 0 Å². The van der Waals surface area contributed by atoms with Crippen LogP contribution in [0.5, 0.6) is 0 Å². The van der Waals surface area contributed by atoms with Crippen molar-refractivity contribution in [2.45, 2.75) is 52.5 Å². The highest BCUT2D eigenvalue weighted by molar-refractivity contribution is 6.41. The molecule has 0 bridgehead atoms. The molecule has 0 spiro atoms. The second kappa shape index (κ2) is 9.31. The lowest BCUT2D eigenvalue weighted by Crippen LogP contribution is -2.62. The zero-order valence-corrected chi connectivity index (χ0v) is 23.4. The van der Waals surface area contributed by atoms with Crippen molar-refractivity contribution in [1.82, 2.24) is 24.4 Å². The Morgan fingerprint density at radius 2 is 1.76 bits per heavy atom. The molecule has 0 saturated carbocycles. The highest BCUT2D eigenvalue weighted by Gasteiger charge is 2.40. The third-order valence-corrected chi connectivity index (χ3v) is 7.22. The lowest BCUT2D eigenvalue weighted by Gasteiger charge is -2.46. The number of imidazole rings is 1. The smallest absolute Gasteiger partial charge is 0.291 e. The SMILES string of the molecule is CC1=NC(C(=O)N2CCN(C(=O)c3cn4nc(-c5ccc(Cl)cc5)cc(C(C)(C)C)c4n3)C(C)(C)C2)=NC1. The summed E-state index contributed by atoms with van der Waals surface area (Å²) in [6, 6.07) is 9.56. The minimum atomic E-state index is -0.604. The highest BCUT2D eigenvalue weighted by Crippen LogP contribution is 2.31. The molecular weight excluding hydrogens is 502 g/mol. The van der Waals surface area contributed by atoms with Crippen LogP contribution in [-0.2, 0) is 10.2 Å². The zero-order valence-electron chi connectivity index (χ0n) is 22.6. The second-order valence-electron chi connectivity index (χ2n) is 11.6. The van der Waals surface area contributed by atoms with Crippen LogP contribution in [0.15, 0.2) is 46.5 Å². The third kappa shape index (κ3) is 4.82. The normalized spacial score (nSPS) is 17.6. The van der Waals surface area contributed by atoms with E-state index in [-0.39, 0.29) is 23.1 Å². The minimum absolute atomic E-state index is 0.187. The van der Waals surface area contributed by atoms with Crippen molar-refractivity contribution in [3.05, 3.63) is 52.8 Å². The average molecular weight is 534 g/mol. The van der Waals surface area contributed by atoms with E-state index < -0.39 is 5.54 Å². The molecule has 0 aliphatic carbocycles. The van der Waals surface area contributed by atoms with Crippen LogP contribution in [0, 0.1) is 0 Å². The maximum absolute atomic E-state index is 13.8. The molecule has 0 unspecified atom stereocenters. The fraction of sp³-hybridized carbons (Fsp3) is 0.429. The molecule has 9 nitrogen and oxygen atoms in total. The Labute approximate surface area is 227 Å². The number of amidine groups is 1. The second-order valence-corrected chi connectivity index (χ2v) is 12.0. The van der Waals surface area contributed by atoms with Crippen LogP contribution in [0.2, 0.25) is 5.02 Å². The molecule has 1 fully saturated rings. The van der Waals surface area contributed by atoms with E-state index in [1.165, 1.54) is 0 Å². The van der Waals surface area contributed by atoms with Crippen LogP contribution >= 0.6 is 11.6 Å². The van der Waals surface area contributed by atoms with Gasteiger partial charge in [-0.2, -0.15) is 5.10 Å². The van der Waals surface area contributed by atoms with Gasteiger partial charge in [-0.1, -0.05) is 44.5 Å². The van der Waals surface area contributed by atoms with Crippen molar-refractivity contribution in [2.75, 3.05) is 26.2 Å². The van der Waals surface area contributed by atoms with Crippen LogP contribution in [-0.4, -0.2) is 79.5 Å². The quantitative estimate of drug-likeness (QED) is 0.502. The van der Waals surface area contributed by atoms with Gasteiger partial charge in [0.25, 0.3) is 11.8 Å². The van der Waals surface area contributed by atoms with Gasteiger partial charge in [0, 0.05) is 41.5 Å². The Morgan fingerprint density at radius 3 is 2.37 bits per heavy atom. The summed E-state index contributed by atoms with van der Waals surface area (Å²) < 4.78 is 1.70. The summed E-state index contributed by atoms with van der Waals surface area (Å²) >= 11 is 6.09. The number of aromatic nitrogens is 3. The molecule has 3 aromatic rings. The number of halogens is 1. The molecule has 0 atom stereocenters. The number of fused-ring (bicyclic) bond motifs is 1. The van der Waals surface area contributed by atoms with Gasteiger partial charge in [0.15, 0.2) is 5.65 Å². The van der Waals surface area contributed by atoms with Gasteiger partial charge in [-0.3, -0.25) is 14.6 Å². The van der Waals surface area contributed by atoms with Crippen LogP contribution in [0.4, 0.5) is 0 Å². The molecule has 2 amide bonds. The predicted molar refractivity (Wildman–Crippen MR) is 149 cm³/mol. The molecule has 1 saturated heterocycles. The van der Waals surface area contributed by atoms with E-state index in [0.717, 1.165) is 22.5 Å². The maximum Gasteiger partial charge on any atom is 0.291 e. The van der Waals surface area contributed by atoms with Gasteiger partial charge in [-0.15, -0.1) is 0 Å². The number of carbonyl (C=O) groups is 2. The number of hydrogen-bond acceptors (Lipinski definition) is 6. The lowest BCUT2D eigenvalue weighted by molar-refractivity contribution is -0.128. The van der Waals surface area contributed by atoms with E-state index in [4.69, 9.17) is 21.7 Å². The molecule has 0 radical (unpaired) electrons. The van der Waals surface area contributed by atoms with Gasteiger partial charge in [0.1, 0.15) is 5.69 Å². The molecule has 2 aliphatic heterocycles. The van der Waals surface area contributed by atoms with Crippen LogP contribution in [0.3, 0.4) is 0 Å². The standard InChI is InChI=1S/C28H32ClN7O2/c1-17-14-30-23(31-17)26(38)34-11-12-35(28(5,6)16-34)25(37)22-15-36-24(32-22)20(27(2,3)4)13-21(33-36)18-7-9-19(29)10-8-18/h7-10,13,15H,11-12,14,16H2,1-6H3. The molecule has 2 aromatic heterocycles. The fourth-order valence-corrected chi connectivity index (χ4v) is 5.06. The van der Waals surface area contributed by atoms with Crippen LogP contribution < -0.4 is 0 Å². The number of carbonyl (C=O) groups excluding carboxylic acids is 2. The van der Waals surface area contributed by atoms with Crippen molar-refractivity contribution in [2.24, 2.45) is 9.98 Å². The van der Waals surface area contributed by atoms with Crippen molar-refractivity contribution in [1.29, 1.82) is 0 Å². The van der Waals surface area contributed by atoms with Gasteiger partial charge in [-0.05, 0) is 44.4 Å². The van der Waals surface area contributed by atoms with Crippen molar-refractivity contribution in [3.8, 4) is 11.3 Å². The maximum atomic E-state index is 13.8. The van der Waals surface area contributed by atoms with E-state index in [1.807, 2.05) is 51.1 Å². The summed E-state index contributed by atoms with van der Waals surface area (Å²) in [5, 5.41) is 5.44. The summed E-state index contributed by atoms with van der Waals surface area (Å²) in [4.78, 5) is 43.5. The highest BCUT2D eigenvalue weighted by atomic mass is 35.5. The number of nitrogens with zero attached hydrogens (tertiary/aromatic N) is 7. The van der Waals surface area contributed by atoms with Crippen LogP contribution in [0.25, 0.3) is 16.9 Å². The number of aliphatic imine (C=N–C) groups is 2. The molecule has 198 valence electrons. The molecular formula is C28H32ClN7O2. The summed E-state index contributed by atoms with van der Waals surface area (Å²) in [7, 11) is 0. The minimum Gasteiger partial charge on any atom is -0.332 e. The number of piperazine rings is 1. The Morgan fingerprint density at radius 1 is 1.05 bits per heavy atom. The van der Waals surface area contributed by atoms with Gasteiger partial charge in [-0.25, -0.2) is 14.5 Å². The van der Waals surface area contributed by atoms with Gasteiger partial charge in [0.05, 0.1) is 24.0 Å². The summed E-state index contributed by atoms with van der Waals surface area (Å²) in [6.07, 6.45) is 1.70. The van der Waals surface area contributed by atoms with E-state index in [0.29, 0.717) is 42.5 Å². The number of rotatable bonds is 3. The van der Waals surface area contributed by atoms with Crippen molar-refractivity contribution in [3.63, 3.8) is 0 Å². The molecule has 5 rings (SSSR count). The monoisotopic (exact) mass is 533 g/mol.